The molecule has 0 unspecified atom stereocenters. The molecule has 0 bridgehead atoms. The highest BCUT2D eigenvalue weighted by molar-refractivity contribution is 6.33. The van der Waals surface area contributed by atoms with Crippen LogP contribution >= 0.6 is 0 Å². The lowest BCUT2D eigenvalue weighted by Crippen LogP contribution is -2.17. The van der Waals surface area contributed by atoms with Crippen LogP contribution in [0.1, 0.15) is 25.7 Å². The second-order valence-corrected chi connectivity index (χ2v) is 5.73. The van der Waals surface area contributed by atoms with Crippen LogP contribution in [0.4, 0.5) is 0 Å². The summed E-state index contributed by atoms with van der Waals surface area (Å²) in [4.78, 5) is 64.7. The number of ether oxygens (including phenoxy) is 5. The van der Waals surface area contributed by atoms with Gasteiger partial charge in [0, 0.05) is 12.8 Å². The van der Waals surface area contributed by atoms with Gasteiger partial charge in [0.2, 0.25) is 11.6 Å². The Morgan fingerprint density at radius 1 is 0.452 bits per heavy atom. The van der Waals surface area contributed by atoms with E-state index in [1.165, 1.54) is 0 Å². The lowest BCUT2D eigenvalue weighted by Gasteiger charge is -2.08. The van der Waals surface area contributed by atoms with Gasteiger partial charge in [-0.2, -0.15) is 0 Å². The molecule has 0 radical (unpaired) electrons. The molecular formula is C18H26O13. The molecule has 0 aliphatic rings. The van der Waals surface area contributed by atoms with Gasteiger partial charge in [0.15, 0.2) is 0 Å². The van der Waals surface area contributed by atoms with Crippen LogP contribution in [0, 0.1) is 0 Å². The fraction of sp³-hybridized carbons (Fsp3) is 0.667. The molecule has 0 aromatic rings. The second-order valence-electron chi connectivity index (χ2n) is 5.73. The van der Waals surface area contributed by atoms with Crippen molar-refractivity contribution in [3.05, 3.63) is 0 Å². The molecule has 0 aliphatic heterocycles. The molecule has 0 aromatic heterocycles. The molecule has 2 N–H and O–H groups in total. The summed E-state index contributed by atoms with van der Waals surface area (Å²) in [6.07, 6.45) is -1.45. The third kappa shape index (κ3) is 17.7. The summed E-state index contributed by atoms with van der Waals surface area (Å²) in [7, 11) is 0. The monoisotopic (exact) mass is 450 g/mol. The molecule has 0 rings (SSSR count). The number of hydrogen-bond donors (Lipinski definition) is 2. The molecule has 176 valence electrons. The zero-order valence-electron chi connectivity index (χ0n) is 16.9. The Kier molecular flexibility index (Phi) is 16.2. The minimum absolute atomic E-state index is 0.0353. The van der Waals surface area contributed by atoms with Crippen molar-refractivity contribution in [2.24, 2.45) is 0 Å². The van der Waals surface area contributed by atoms with Gasteiger partial charge in [0.05, 0.1) is 52.5 Å². The molecule has 13 heteroatoms. The van der Waals surface area contributed by atoms with E-state index in [1.54, 1.807) is 0 Å². The van der Waals surface area contributed by atoms with E-state index >= 15 is 0 Å². The first kappa shape index (κ1) is 28.1. The number of Topliss-reactive ketones (excluding diaryl/α,β-unsaturated/α-hetero) is 2. The summed E-state index contributed by atoms with van der Waals surface area (Å²) in [5, 5.41) is 16.7. The number of carbonyl (C=O) groups excluding carboxylic acids is 4. The van der Waals surface area contributed by atoms with Gasteiger partial charge in [-0.25, -0.2) is 9.59 Å². The largest absolute Gasteiger partial charge is 0.476 e. The van der Waals surface area contributed by atoms with Crippen molar-refractivity contribution < 1.29 is 62.7 Å². The van der Waals surface area contributed by atoms with Crippen LogP contribution < -0.4 is 0 Å². The summed E-state index contributed by atoms with van der Waals surface area (Å²) < 4.78 is 25.0. The van der Waals surface area contributed by atoms with Gasteiger partial charge in [0.25, 0.3) is 0 Å². The molecule has 0 atom stereocenters. The van der Waals surface area contributed by atoms with Gasteiger partial charge in [-0.1, -0.05) is 0 Å². The van der Waals surface area contributed by atoms with Crippen molar-refractivity contribution in [2.75, 3.05) is 52.9 Å². The molecule has 0 aromatic carbocycles. The first-order valence-electron chi connectivity index (χ1n) is 9.30. The molecule has 0 heterocycles. The third-order valence-corrected chi connectivity index (χ3v) is 3.31. The molecular weight excluding hydrogens is 424 g/mol. The number of esters is 2. The maximum atomic E-state index is 11.2. The molecule has 0 amide bonds. The first-order valence-corrected chi connectivity index (χ1v) is 9.30. The van der Waals surface area contributed by atoms with Crippen LogP contribution in [-0.2, 0) is 52.5 Å². The number of hydrogen-bond acceptors (Lipinski definition) is 11. The van der Waals surface area contributed by atoms with Crippen molar-refractivity contribution in [3.8, 4) is 0 Å². The van der Waals surface area contributed by atoms with E-state index in [0.717, 1.165) is 0 Å². The molecule has 13 nitrogen and oxygen atoms in total. The van der Waals surface area contributed by atoms with E-state index in [-0.39, 0.29) is 65.7 Å². The summed E-state index contributed by atoms with van der Waals surface area (Å²) in [5.74, 6) is -6.67. The molecule has 0 saturated carbocycles. The fourth-order valence-electron chi connectivity index (χ4n) is 1.76. The van der Waals surface area contributed by atoms with Gasteiger partial charge >= 0.3 is 23.9 Å². The van der Waals surface area contributed by atoms with E-state index < -0.39 is 48.3 Å². The molecule has 0 fully saturated rings. The van der Waals surface area contributed by atoms with Gasteiger partial charge in [-0.15, -0.1) is 0 Å². The predicted molar refractivity (Wildman–Crippen MR) is 98.1 cm³/mol. The smallest absolute Gasteiger partial charge is 0.372 e. The van der Waals surface area contributed by atoms with E-state index in [0.29, 0.717) is 0 Å². The summed E-state index contributed by atoms with van der Waals surface area (Å²) >= 11 is 0. The number of aliphatic carboxylic acids is 2. The molecule has 0 saturated heterocycles. The van der Waals surface area contributed by atoms with Crippen LogP contribution in [-0.4, -0.2) is 98.5 Å². The molecule has 0 spiro atoms. The topological polar surface area (TPSA) is 189 Å². The highest BCUT2D eigenvalue weighted by Gasteiger charge is 2.15. The zero-order valence-corrected chi connectivity index (χ0v) is 16.9. The van der Waals surface area contributed by atoms with Crippen LogP contribution in [0.3, 0.4) is 0 Å². The number of carboxylic acids is 2. The van der Waals surface area contributed by atoms with Crippen molar-refractivity contribution in [1.29, 1.82) is 0 Å². The second kappa shape index (κ2) is 17.9. The van der Waals surface area contributed by atoms with Crippen LogP contribution in [0.2, 0.25) is 0 Å². The first-order chi connectivity index (χ1) is 14.7. The average molecular weight is 450 g/mol. The standard InChI is InChI=1S/C18H26O13/c19-13(17(23)24)1-3-15(21)30-11-9-28-7-5-27-6-8-29-10-12-31-16(22)4-2-14(20)18(25)26/h1-12H2,(H,23,24)(H,25,26). The van der Waals surface area contributed by atoms with Crippen LogP contribution in [0.25, 0.3) is 0 Å². The van der Waals surface area contributed by atoms with E-state index in [1.807, 2.05) is 0 Å². The zero-order chi connectivity index (χ0) is 23.5. The summed E-state index contributed by atoms with van der Waals surface area (Å²) in [5.41, 5.74) is 0. The maximum absolute atomic E-state index is 11.2. The van der Waals surface area contributed by atoms with Crippen molar-refractivity contribution in [3.63, 3.8) is 0 Å². The molecule has 31 heavy (non-hydrogen) atoms. The Bertz CT molecular complexity index is 562. The van der Waals surface area contributed by atoms with Gasteiger partial charge < -0.3 is 33.9 Å². The molecule has 0 aliphatic carbocycles. The highest BCUT2D eigenvalue weighted by Crippen LogP contribution is 1.96. The lowest BCUT2D eigenvalue weighted by atomic mass is 10.2. The van der Waals surface area contributed by atoms with Gasteiger partial charge in [-0.3, -0.25) is 19.2 Å². The minimum Gasteiger partial charge on any atom is -0.476 e. The number of carboxylic acid groups (broad SMARTS) is 2. The van der Waals surface area contributed by atoms with Crippen LogP contribution in [0.15, 0.2) is 0 Å². The maximum Gasteiger partial charge on any atom is 0.372 e. The lowest BCUT2D eigenvalue weighted by molar-refractivity contribution is -0.151. The fourth-order valence-corrected chi connectivity index (χ4v) is 1.76. The SMILES string of the molecule is O=C(CCC(=O)C(=O)O)OCCOCCOCCOCCOC(=O)CCC(=O)C(=O)O. The van der Waals surface area contributed by atoms with E-state index in [2.05, 4.69) is 0 Å². The Labute approximate surface area is 177 Å². The van der Waals surface area contributed by atoms with Crippen molar-refractivity contribution in [1.82, 2.24) is 0 Å². The predicted octanol–water partition coefficient (Wildman–Crippen LogP) is -1.01. The highest BCUT2D eigenvalue weighted by atomic mass is 16.6. The van der Waals surface area contributed by atoms with Crippen LogP contribution in [0.5, 0.6) is 0 Å². The van der Waals surface area contributed by atoms with Gasteiger partial charge in [-0.05, 0) is 0 Å². The van der Waals surface area contributed by atoms with Crippen molar-refractivity contribution in [2.45, 2.75) is 25.7 Å². The third-order valence-electron chi connectivity index (χ3n) is 3.31. The Hall–Kier alpha value is -2.90. The normalized spacial score (nSPS) is 10.3. The quantitative estimate of drug-likeness (QED) is 0.130. The van der Waals surface area contributed by atoms with Crippen molar-refractivity contribution >= 4 is 35.4 Å². The minimum atomic E-state index is -1.59. The summed E-state index contributed by atoms with van der Waals surface area (Å²) in [6, 6.07) is 0. The average Bonchev–Trinajstić information content (AvgIpc) is 2.73. The van der Waals surface area contributed by atoms with Gasteiger partial charge in [0.1, 0.15) is 13.2 Å². The number of carbonyl (C=O) groups is 6. The number of rotatable bonds is 20. The number of ketones is 2. The Morgan fingerprint density at radius 2 is 0.742 bits per heavy atom. The Balaban J connectivity index is 3.36. The van der Waals surface area contributed by atoms with E-state index in [4.69, 9.17) is 33.9 Å². The van der Waals surface area contributed by atoms with E-state index in [9.17, 15) is 28.8 Å². The summed E-state index contributed by atoms with van der Waals surface area (Å²) in [6.45, 7) is 1.15. The Morgan fingerprint density at radius 3 is 1.03 bits per heavy atom.